The zero-order valence-corrected chi connectivity index (χ0v) is 11.7. The lowest BCUT2D eigenvalue weighted by Crippen LogP contribution is -2.12. The first-order chi connectivity index (χ1) is 9.26. The number of hydrogen-bond donors (Lipinski definition) is 1. The maximum Gasteiger partial charge on any atom is 0.161 e. The standard InChI is InChI=1S/C15H17NO2S/c1-10-8-17-13-4-2-11(6-14(13)18-9-10)15-5-3-12(7-16)19-15/h2-6,10H,7-9,16H2,1H3. The van der Waals surface area contributed by atoms with Crippen LogP contribution in [0.3, 0.4) is 0 Å². The lowest BCUT2D eigenvalue weighted by molar-refractivity contribution is 0.228. The van der Waals surface area contributed by atoms with E-state index in [-0.39, 0.29) is 0 Å². The Bertz CT molecular complexity index is 579. The van der Waals surface area contributed by atoms with Crippen molar-refractivity contribution in [3.8, 4) is 21.9 Å². The van der Waals surface area contributed by atoms with Crippen molar-refractivity contribution in [1.29, 1.82) is 0 Å². The zero-order valence-electron chi connectivity index (χ0n) is 10.9. The molecule has 1 aliphatic rings. The van der Waals surface area contributed by atoms with Gasteiger partial charge in [-0.25, -0.2) is 0 Å². The minimum atomic E-state index is 0.418. The van der Waals surface area contributed by atoms with E-state index in [0.29, 0.717) is 25.7 Å². The van der Waals surface area contributed by atoms with E-state index < -0.39 is 0 Å². The van der Waals surface area contributed by atoms with Gasteiger partial charge in [-0.05, 0) is 35.9 Å². The van der Waals surface area contributed by atoms with E-state index in [0.717, 1.165) is 17.1 Å². The van der Waals surface area contributed by atoms with Crippen LogP contribution < -0.4 is 15.2 Å². The Morgan fingerprint density at radius 3 is 2.68 bits per heavy atom. The van der Waals surface area contributed by atoms with Gasteiger partial charge in [0.15, 0.2) is 11.5 Å². The predicted octanol–water partition coefficient (Wildman–Crippen LogP) is 3.28. The van der Waals surface area contributed by atoms with Crippen LogP contribution in [0.5, 0.6) is 11.5 Å². The summed E-state index contributed by atoms with van der Waals surface area (Å²) >= 11 is 1.72. The van der Waals surface area contributed by atoms with Crippen LogP contribution in [0, 0.1) is 5.92 Å². The van der Waals surface area contributed by atoms with Crippen LogP contribution in [0.25, 0.3) is 10.4 Å². The number of fused-ring (bicyclic) bond motifs is 1. The van der Waals surface area contributed by atoms with Crippen molar-refractivity contribution < 1.29 is 9.47 Å². The van der Waals surface area contributed by atoms with Gasteiger partial charge in [-0.2, -0.15) is 0 Å². The van der Waals surface area contributed by atoms with Gasteiger partial charge in [0.1, 0.15) is 0 Å². The van der Waals surface area contributed by atoms with E-state index in [1.54, 1.807) is 11.3 Å². The highest BCUT2D eigenvalue weighted by Crippen LogP contribution is 2.36. The highest BCUT2D eigenvalue weighted by molar-refractivity contribution is 7.15. The smallest absolute Gasteiger partial charge is 0.161 e. The Morgan fingerprint density at radius 2 is 1.95 bits per heavy atom. The van der Waals surface area contributed by atoms with E-state index in [1.807, 2.05) is 6.07 Å². The summed E-state index contributed by atoms with van der Waals surface area (Å²) in [6.45, 7) is 4.13. The maximum absolute atomic E-state index is 5.81. The summed E-state index contributed by atoms with van der Waals surface area (Å²) in [5, 5.41) is 0. The van der Waals surface area contributed by atoms with Gasteiger partial charge in [0.25, 0.3) is 0 Å². The quantitative estimate of drug-likeness (QED) is 0.914. The normalized spacial score (nSPS) is 18.1. The second-order valence-electron chi connectivity index (χ2n) is 4.86. The van der Waals surface area contributed by atoms with Crippen LogP contribution in [0.2, 0.25) is 0 Å². The summed E-state index contributed by atoms with van der Waals surface area (Å²) in [5.74, 6) is 2.09. The highest BCUT2D eigenvalue weighted by atomic mass is 32.1. The molecule has 0 amide bonds. The second kappa shape index (κ2) is 5.23. The number of nitrogens with two attached hydrogens (primary N) is 1. The molecule has 0 bridgehead atoms. The lowest BCUT2D eigenvalue weighted by atomic mass is 10.1. The fourth-order valence-electron chi connectivity index (χ4n) is 2.05. The Morgan fingerprint density at radius 1 is 1.16 bits per heavy atom. The molecule has 4 heteroatoms. The zero-order chi connectivity index (χ0) is 13.2. The van der Waals surface area contributed by atoms with Crippen LogP contribution in [-0.4, -0.2) is 13.2 Å². The van der Waals surface area contributed by atoms with Crippen molar-refractivity contribution in [3.05, 3.63) is 35.2 Å². The number of hydrogen-bond acceptors (Lipinski definition) is 4. The molecule has 3 nitrogen and oxygen atoms in total. The number of thiophene rings is 1. The molecule has 1 aliphatic heterocycles. The summed E-state index contributed by atoms with van der Waals surface area (Å²) in [6.07, 6.45) is 0. The third kappa shape index (κ3) is 2.60. The summed E-state index contributed by atoms with van der Waals surface area (Å²) in [5.41, 5.74) is 6.81. The van der Waals surface area contributed by atoms with Crippen LogP contribution in [0.15, 0.2) is 30.3 Å². The third-order valence-electron chi connectivity index (χ3n) is 3.14. The largest absolute Gasteiger partial charge is 0.489 e. The third-order valence-corrected chi connectivity index (χ3v) is 4.29. The molecule has 3 rings (SSSR count). The average molecular weight is 275 g/mol. The Kier molecular flexibility index (Phi) is 3.44. The van der Waals surface area contributed by atoms with Gasteiger partial charge >= 0.3 is 0 Å². The van der Waals surface area contributed by atoms with Crippen LogP contribution in [0.1, 0.15) is 11.8 Å². The van der Waals surface area contributed by atoms with Gasteiger partial charge in [0, 0.05) is 22.2 Å². The van der Waals surface area contributed by atoms with Crippen molar-refractivity contribution >= 4 is 11.3 Å². The molecule has 100 valence electrons. The molecule has 19 heavy (non-hydrogen) atoms. The molecule has 0 saturated heterocycles. The molecule has 2 N–H and O–H groups in total. The summed E-state index contributed by atoms with van der Waals surface area (Å²) in [6, 6.07) is 10.3. The van der Waals surface area contributed by atoms with Crippen LogP contribution in [0.4, 0.5) is 0 Å². The van der Waals surface area contributed by atoms with Gasteiger partial charge in [-0.15, -0.1) is 11.3 Å². The molecule has 0 spiro atoms. The van der Waals surface area contributed by atoms with E-state index in [2.05, 4.69) is 31.2 Å². The first kappa shape index (κ1) is 12.5. The predicted molar refractivity (Wildman–Crippen MR) is 77.8 cm³/mol. The molecule has 1 aromatic carbocycles. The van der Waals surface area contributed by atoms with Crippen LogP contribution >= 0.6 is 11.3 Å². The van der Waals surface area contributed by atoms with Crippen molar-refractivity contribution in [1.82, 2.24) is 0 Å². The van der Waals surface area contributed by atoms with Gasteiger partial charge in [-0.3, -0.25) is 0 Å². The van der Waals surface area contributed by atoms with Crippen molar-refractivity contribution in [2.75, 3.05) is 13.2 Å². The fourth-order valence-corrected chi connectivity index (χ4v) is 2.93. The molecule has 2 aromatic rings. The molecular weight excluding hydrogens is 258 g/mol. The summed E-state index contributed by atoms with van der Waals surface area (Å²) in [4.78, 5) is 2.40. The van der Waals surface area contributed by atoms with Crippen molar-refractivity contribution in [2.45, 2.75) is 13.5 Å². The Balaban J connectivity index is 1.92. The monoisotopic (exact) mass is 275 g/mol. The molecule has 1 unspecified atom stereocenters. The van der Waals surface area contributed by atoms with Gasteiger partial charge in [0.05, 0.1) is 13.2 Å². The summed E-state index contributed by atoms with van der Waals surface area (Å²) in [7, 11) is 0. The lowest BCUT2D eigenvalue weighted by Gasteiger charge is -2.08. The Hall–Kier alpha value is -1.52. The molecule has 0 fully saturated rings. The topological polar surface area (TPSA) is 44.5 Å². The van der Waals surface area contributed by atoms with E-state index >= 15 is 0 Å². The molecule has 0 saturated carbocycles. The molecule has 1 atom stereocenters. The van der Waals surface area contributed by atoms with E-state index in [4.69, 9.17) is 15.2 Å². The molecular formula is C15H17NO2S. The first-order valence-corrected chi connectivity index (χ1v) is 7.26. The van der Waals surface area contributed by atoms with Gasteiger partial charge in [0.2, 0.25) is 0 Å². The Labute approximate surface area is 117 Å². The second-order valence-corrected chi connectivity index (χ2v) is 6.03. The molecule has 2 heterocycles. The number of ether oxygens (including phenoxy) is 2. The van der Waals surface area contributed by atoms with Gasteiger partial charge in [-0.1, -0.05) is 6.92 Å². The molecule has 1 aromatic heterocycles. The number of benzene rings is 1. The minimum absolute atomic E-state index is 0.418. The minimum Gasteiger partial charge on any atom is -0.489 e. The SMILES string of the molecule is CC1COc2ccc(-c3ccc(CN)s3)cc2OC1. The highest BCUT2D eigenvalue weighted by Gasteiger charge is 2.16. The molecule has 0 aliphatic carbocycles. The van der Waals surface area contributed by atoms with Gasteiger partial charge < -0.3 is 15.2 Å². The first-order valence-electron chi connectivity index (χ1n) is 6.45. The number of rotatable bonds is 2. The average Bonchev–Trinajstić information content (AvgIpc) is 2.84. The van der Waals surface area contributed by atoms with Crippen molar-refractivity contribution in [3.63, 3.8) is 0 Å². The van der Waals surface area contributed by atoms with E-state index in [9.17, 15) is 0 Å². The van der Waals surface area contributed by atoms with Crippen LogP contribution in [-0.2, 0) is 6.54 Å². The van der Waals surface area contributed by atoms with E-state index in [1.165, 1.54) is 9.75 Å². The molecule has 0 radical (unpaired) electrons. The summed E-state index contributed by atoms with van der Waals surface area (Å²) < 4.78 is 11.5. The van der Waals surface area contributed by atoms with Crippen molar-refractivity contribution in [2.24, 2.45) is 11.7 Å². The maximum atomic E-state index is 5.81. The fraction of sp³-hybridized carbons (Fsp3) is 0.333.